The van der Waals surface area contributed by atoms with Crippen LogP contribution in [-0.2, 0) is 0 Å². The lowest BCUT2D eigenvalue weighted by molar-refractivity contribution is -0.385. The average Bonchev–Trinajstić information content (AvgIpc) is 3.15. The first-order valence-electron chi connectivity index (χ1n) is 9.13. The first-order valence-corrected chi connectivity index (χ1v) is 9.95. The first-order chi connectivity index (χ1) is 14.4. The van der Waals surface area contributed by atoms with Gasteiger partial charge in [-0.2, -0.15) is 0 Å². The van der Waals surface area contributed by atoms with E-state index in [0.29, 0.717) is 21.9 Å². The molecule has 10 heteroatoms. The standard InChI is InChI=1S/C20H17N5O4S/c1-2-16-11-23-18(13-4-3-5-15(10-13)25(28)29)17(19(21)22-20(23)30-16)12-6-8-14(9-7-12)24(26)27/h3-11,18H,2,21H2,1H3. The van der Waals surface area contributed by atoms with Crippen molar-refractivity contribution < 1.29 is 9.85 Å². The van der Waals surface area contributed by atoms with E-state index in [9.17, 15) is 20.2 Å². The van der Waals surface area contributed by atoms with Crippen LogP contribution in [0.5, 0.6) is 0 Å². The summed E-state index contributed by atoms with van der Waals surface area (Å²) in [7, 11) is 0. The molecule has 2 aromatic rings. The Morgan fingerprint density at radius 2 is 1.80 bits per heavy atom. The summed E-state index contributed by atoms with van der Waals surface area (Å²) in [6.07, 6.45) is 2.79. The van der Waals surface area contributed by atoms with Gasteiger partial charge in [0.15, 0.2) is 5.17 Å². The number of amidine groups is 1. The Hall–Kier alpha value is -3.66. The van der Waals surface area contributed by atoms with Crippen LogP contribution >= 0.6 is 11.8 Å². The summed E-state index contributed by atoms with van der Waals surface area (Å²) in [5, 5.41) is 23.1. The molecule has 2 N–H and O–H groups in total. The minimum atomic E-state index is -0.468. The molecule has 0 aliphatic carbocycles. The zero-order valence-electron chi connectivity index (χ0n) is 15.9. The van der Waals surface area contributed by atoms with Crippen LogP contribution in [0.1, 0.15) is 30.5 Å². The van der Waals surface area contributed by atoms with Crippen molar-refractivity contribution in [2.24, 2.45) is 10.7 Å². The Labute approximate surface area is 175 Å². The maximum Gasteiger partial charge on any atom is 0.269 e. The number of nitro benzene ring substituents is 2. The molecule has 9 nitrogen and oxygen atoms in total. The summed E-state index contributed by atoms with van der Waals surface area (Å²) in [6.45, 7) is 2.04. The van der Waals surface area contributed by atoms with Crippen molar-refractivity contribution in [3.63, 3.8) is 0 Å². The largest absolute Gasteiger partial charge is 0.383 e. The minimum Gasteiger partial charge on any atom is -0.383 e. The van der Waals surface area contributed by atoms with Gasteiger partial charge in [0.05, 0.1) is 15.9 Å². The number of benzene rings is 2. The lowest BCUT2D eigenvalue weighted by Gasteiger charge is -2.34. The molecule has 30 heavy (non-hydrogen) atoms. The smallest absolute Gasteiger partial charge is 0.269 e. The number of aliphatic imine (C=N–C) groups is 1. The summed E-state index contributed by atoms with van der Waals surface area (Å²) >= 11 is 1.51. The highest BCUT2D eigenvalue weighted by molar-refractivity contribution is 8.17. The third-order valence-corrected chi connectivity index (χ3v) is 6.05. The van der Waals surface area contributed by atoms with Crippen LogP contribution in [0, 0.1) is 20.2 Å². The molecule has 0 radical (unpaired) electrons. The van der Waals surface area contributed by atoms with Gasteiger partial charge in [0.2, 0.25) is 0 Å². The number of non-ortho nitro benzene ring substituents is 2. The van der Waals surface area contributed by atoms with Gasteiger partial charge in [0.1, 0.15) is 5.82 Å². The van der Waals surface area contributed by atoms with Gasteiger partial charge in [-0.1, -0.05) is 30.8 Å². The van der Waals surface area contributed by atoms with E-state index in [4.69, 9.17) is 5.73 Å². The van der Waals surface area contributed by atoms with Crippen molar-refractivity contribution in [2.75, 3.05) is 0 Å². The van der Waals surface area contributed by atoms with E-state index in [1.165, 1.54) is 36.0 Å². The van der Waals surface area contributed by atoms with E-state index in [0.717, 1.165) is 11.3 Å². The molecule has 0 fully saturated rings. The number of nitro groups is 2. The van der Waals surface area contributed by atoms with E-state index in [1.807, 2.05) is 24.1 Å². The fourth-order valence-electron chi connectivity index (χ4n) is 3.48. The Morgan fingerprint density at radius 1 is 1.10 bits per heavy atom. The maximum atomic E-state index is 11.3. The molecule has 1 atom stereocenters. The maximum absolute atomic E-state index is 11.3. The number of nitrogens with two attached hydrogens (primary N) is 1. The second-order valence-electron chi connectivity index (χ2n) is 6.71. The average molecular weight is 423 g/mol. The fourth-order valence-corrected chi connectivity index (χ4v) is 4.43. The fraction of sp³-hybridized carbons (Fsp3) is 0.150. The van der Waals surface area contributed by atoms with Gasteiger partial charge in [0.25, 0.3) is 11.4 Å². The van der Waals surface area contributed by atoms with Gasteiger partial charge in [-0.15, -0.1) is 0 Å². The number of hydrogen-bond donors (Lipinski definition) is 1. The van der Waals surface area contributed by atoms with E-state index in [1.54, 1.807) is 18.2 Å². The molecule has 2 aromatic carbocycles. The van der Waals surface area contributed by atoms with Crippen LogP contribution in [0.15, 0.2) is 70.4 Å². The molecule has 0 spiro atoms. The first kappa shape index (κ1) is 19.6. The molecule has 1 unspecified atom stereocenters. The summed E-state index contributed by atoms with van der Waals surface area (Å²) in [4.78, 5) is 29.0. The van der Waals surface area contributed by atoms with Gasteiger partial charge < -0.3 is 10.6 Å². The number of allylic oxidation sites excluding steroid dienone is 1. The molecule has 0 saturated carbocycles. The molecule has 2 aliphatic rings. The zero-order valence-corrected chi connectivity index (χ0v) is 16.7. The van der Waals surface area contributed by atoms with Crippen molar-refractivity contribution in [1.29, 1.82) is 0 Å². The zero-order chi connectivity index (χ0) is 21.4. The third-order valence-electron chi connectivity index (χ3n) is 4.90. The van der Waals surface area contributed by atoms with Crippen LogP contribution in [0.4, 0.5) is 11.4 Å². The predicted molar refractivity (Wildman–Crippen MR) is 115 cm³/mol. The molecule has 2 heterocycles. The summed E-state index contributed by atoms with van der Waals surface area (Å²) in [6, 6.07) is 12.0. The minimum absolute atomic E-state index is 0.0234. The Bertz CT molecular complexity index is 1140. The number of fused-ring (bicyclic) bond motifs is 1. The van der Waals surface area contributed by atoms with Gasteiger partial charge >= 0.3 is 0 Å². The van der Waals surface area contributed by atoms with Crippen LogP contribution in [-0.4, -0.2) is 19.9 Å². The SMILES string of the molecule is CCC1=CN2C(=NC(N)=C(c3ccc([N+](=O)[O-])cc3)C2c2cccc([N+](=O)[O-])c2)S1. The number of thioether (sulfide) groups is 1. The predicted octanol–water partition coefficient (Wildman–Crippen LogP) is 4.54. The van der Waals surface area contributed by atoms with E-state index in [-0.39, 0.29) is 17.2 Å². The highest BCUT2D eigenvalue weighted by Gasteiger charge is 2.37. The normalized spacial score (nSPS) is 18.0. The van der Waals surface area contributed by atoms with Gasteiger partial charge in [-0.3, -0.25) is 20.2 Å². The molecule has 4 rings (SSSR count). The second kappa shape index (κ2) is 7.64. The van der Waals surface area contributed by atoms with Crippen molar-refractivity contribution in [2.45, 2.75) is 19.4 Å². The third kappa shape index (κ3) is 3.41. The van der Waals surface area contributed by atoms with Crippen molar-refractivity contribution in [1.82, 2.24) is 4.90 Å². The van der Waals surface area contributed by atoms with Crippen LogP contribution in [0.25, 0.3) is 5.57 Å². The lowest BCUT2D eigenvalue weighted by atomic mass is 9.90. The summed E-state index contributed by atoms with van der Waals surface area (Å²) < 4.78 is 0. The van der Waals surface area contributed by atoms with E-state index in [2.05, 4.69) is 4.99 Å². The highest BCUT2D eigenvalue weighted by Crippen LogP contribution is 2.47. The Balaban J connectivity index is 1.88. The second-order valence-corrected chi connectivity index (χ2v) is 7.80. The van der Waals surface area contributed by atoms with Crippen LogP contribution in [0.3, 0.4) is 0 Å². The summed E-state index contributed by atoms with van der Waals surface area (Å²) in [5.41, 5.74) is 8.27. The van der Waals surface area contributed by atoms with Gasteiger partial charge in [-0.25, -0.2) is 4.99 Å². The molecular formula is C20H17N5O4S. The van der Waals surface area contributed by atoms with E-state index >= 15 is 0 Å². The van der Waals surface area contributed by atoms with E-state index < -0.39 is 15.9 Å². The Kier molecular flexibility index (Phi) is 5.00. The molecule has 0 saturated heterocycles. The van der Waals surface area contributed by atoms with Crippen molar-refractivity contribution >= 4 is 33.9 Å². The van der Waals surface area contributed by atoms with Crippen molar-refractivity contribution in [3.05, 3.63) is 96.8 Å². The molecule has 0 bridgehead atoms. The molecule has 152 valence electrons. The highest BCUT2D eigenvalue weighted by atomic mass is 32.2. The topological polar surface area (TPSA) is 128 Å². The van der Waals surface area contributed by atoms with Gasteiger partial charge in [-0.05, 0) is 29.7 Å². The number of rotatable bonds is 5. The monoisotopic (exact) mass is 423 g/mol. The lowest BCUT2D eigenvalue weighted by Crippen LogP contribution is -2.32. The Morgan fingerprint density at radius 3 is 2.43 bits per heavy atom. The number of nitrogens with zero attached hydrogens (tertiary/aromatic N) is 4. The molecular weight excluding hydrogens is 406 g/mol. The molecule has 0 aromatic heterocycles. The quantitative estimate of drug-likeness (QED) is 0.552. The molecule has 0 amide bonds. The molecule has 2 aliphatic heterocycles. The van der Waals surface area contributed by atoms with Crippen LogP contribution < -0.4 is 5.73 Å². The summed E-state index contributed by atoms with van der Waals surface area (Å²) in [5.74, 6) is 0.282. The van der Waals surface area contributed by atoms with Gasteiger partial charge in [0, 0.05) is 40.9 Å². The number of hydrogen-bond acceptors (Lipinski definition) is 8. The van der Waals surface area contributed by atoms with Crippen LogP contribution in [0.2, 0.25) is 0 Å². The van der Waals surface area contributed by atoms with Crippen molar-refractivity contribution in [3.8, 4) is 0 Å².